The maximum absolute atomic E-state index is 9.60. The van der Waals surface area contributed by atoms with E-state index in [0.717, 1.165) is 35.4 Å². The maximum Gasteiger partial charge on any atom is 0.274 e. The quantitative estimate of drug-likeness (QED) is 0.574. The smallest absolute Gasteiger partial charge is 0.274 e. The van der Waals surface area contributed by atoms with E-state index in [4.69, 9.17) is 4.52 Å². The number of piperidine rings is 1. The van der Waals surface area contributed by atoms with E-state index in [1.165, 1.54) is 19.3 Å². The van der Waals surface area contributed by atoms with Gasteiger partial charge in [-0.3, -0.25) is 0 Å². The molecule has 7 nitrogen and oxygen atoms in total. The molecule has 27 heavy (non-hydrogen) atoms. The second kappa shape index (κ2) is 6.42. The van der Waals surface area contributed by atoms with Crippen molar-refractivity contribution in [1.29, 1.82) is 0 Å². The van der Waals surface area contributed by atoms with Gasteiger partial charge in [-0.05, 0) is 49.6 Å². The molecule has 1 fully saturated rings. The van der Waals surface area contributed by atoms with Gasteiger partial charge in [0.05, 0.1) is 0 Å². The zero-order valence-corrected chi connectivity index (χ0v) is 14.7. The highest BCUT2D eigenvalue weighted by atomic mass is 16.5. The second-order valence-corrected chi connectivity index (χ2v) is 6.83. The molecular weight excluding hydrogens is 342 g/mol. The average Bonchev–Trinajstić information content (AvgIpc) is 3.35. The Balaban J connectivity index is 1.40. The molecule has 0 spiro atoms. The molecular formula is C20H19N5O2. The number of aromatic amines is 1. The van der Waals surface area contributed by atoms with Crippen LogP contribution in [0.25, 0.3) is 33.9 Å². The molecule has 0 amide bonds. The summed E-state index contributed by atoms with van der Waals surface area (Å²) >= 11 is 0. The summed E-state index contributed by atoms with van der Waals surface area (Å²) in [5.41, 5.74) is 2.35. The molecule has 0 atom stereocenters. The number of benzene rings is 1. The van der Waals surface area contributed by atoms with Gasteiger partial charge in [0, 0.05) is 41.8 Å². The Morgan fingerprint density at radius 1 is 1.04 bits per heavy atom. The van der Waals surface area contributed by atoms with Crippen molar-refractivity contribution in [3.63, 3.8) is 0 Å². The summed E-state index contributed by atoms with van der Waals surface area (Å²) in [6.45, 7) is 2.13. The first-order valence-corrected chi connectivity index (χ1v) is 9.13. The van der Waals surface area contributed by atoms with E-state index in [-0.39, 0.29) is 5.75 Å². The molecule has 0 aliphatic carbocycles. The molecule has 4 heterocycles. The summed E-state index contributed by atoms with van der Waals surface area (Å²) in [6, 6.07) is 11.1. The lowest BCUT2D eigenvalue weighted by Crippen LogP contribution is -2.29. The summed E-state index contributed by atoms with van der Waals surface area (Å²) in [7, 11) is 0. The third kappa shape index (κ3) is 3.01. The third-order valence-electron chi connectivity index (χ3n) is 4.95. The van der Waals surface area contributed by atoms with Crippen LogP contribution >= 0.6 is 0 Å². The van der Waals surface area contributed by atoms with E-state index >= 15 is 0 Å². The van der Waals surface area contributed by atoms with Gasteiger partial charge in [-0.1, -0.05) is 5.16 Å². The number of fused-ring (bicyclic) bond motifs is 1. The van der Waals surface area contributed by atoms with E-state index in [9.17, 15) is 5.11 Å². The van der Waals surface area contributed by atoms with Crippen molar-refractivity contribution in [2.75, 3.05) is 18.0 Å². The fourth-order valence-corrected chi connectivity index (χ4v) is 3.51. The largest absolute Gasteiger partial charge is 0.508 e. The predicted octanol–water partition coefficient (Wildman–Crippen LogP) is 3.98. The van der Waals surface area contributed by atoms with Gasteiger partial charge < -0.3 is 19.5 Å². The number of hydrogen-bond donors (Lipinski definition) is 2. The van der Waals surface area contributed by atoms with Crippen LogP contribution in [0.4, 0.5) is 5.82 Å². The number of aromatic hydroxyl groups is 1. The van der Waals surface area contributed by atoms with E-state index in [1.807, 2.05) is 24.3 Å². The first kappa shape index (κ1) is 15.9. The highest BCUT2D eigenvalue weighted by Crippen LogP contribution is 2.27. The molecule has 1 aliphatic heterocycles. The van der Waals surface area contributed by atoms with Crippen LogP contribution in [0.1, 0.15) is 19.3 Å². The molecule has 2 N–H and O–H groups in total. The molecule has 1 aliphatic rings. The number of aromatic nitrogens is 4. The monoisotopic (exact) mass is 361 g/mol. The van der Waals surface area contributed by atoms with Crippen molar-refractivity contribution < 1.29 is 9.63 Å². The van der Waals surface area contributed by atoms with Gasteiger partial charge >= 0.3 is 0 Å². The highest BCUT2D eigenvalue weighted by molar-refractivity contribution is 5.85. The predicted molar refractivity (Wildman–Crippen MR) is 103 cm³/mol. The third-order valence-corrected chi connectivity index (χ3v) is 4.95. The van der Waals surface area contributed by atoms with Gasteiger partial charge in [-0.15, -0.1) is 0 Å². The van der Waals surface area contributed by atoms with Crippen LogP contribution in [0.3, 0.4) is 0 Å². The lowest BCUT2D eigenvalue weighted by Gasteiger charge is -2.27. The number of H-pyrrole nitrogens is 1. The van der Waals surface area contributed by atoms with Crippen LogP contribution in [-0.4, -0.2) is 38.3 Å². The van der Waals surface area contributed by atoms with Crippen LogP contribution in [0, 0.1) is 0 Å². The second-order valence-electron chi connectivity index (χ2n) is 6.83. The Morgan fingerprint density at radius 3 is 2.74 bits per heavy atom. The number of phenols is 1. The normalized spacial score (nSPS) is 14.7. The van der Waals surface area contributed by atoms with Crippen molar-refractivity contribution in [2.24, 2.45) is 0 Å². The van der Waals surface area contributed by atoms with Crippen molar-refractivity contribution in [2.45, 2.75) is 19.3 Å². The van der Waals surface area contributed by atoms with Crippen LogP contribution in [0.2, 0.25) is 0 Å². The first-order chi connectivity index (χ1) is 13.3. The number of hydrogen-bond acceptors (Lipinski definition) is 6. The van der Waals surface area contributed by atoms with E-state index < -0.39 is 0 Å². The van der Waals surface area contributed by atoms with Gasteiger partial charge in [0.25, 0.3) is 5.89 Å². The van der Waals surface area contributed by atoms with Crippen molar-refractivity contribution in [3.05, 3.63) is 42.6 Å². The van der Waals surface area contributed by atoms with Gasteiger partial charge in [0.15, 0.2) is 0 Å². The molecule has 0 unspecified atom stereocenters. The first-order valence-electron chi connectivity index (χ1n) is 9.13. The molecule has 7 heteroatoms. The van der Waals surface area contributed by atoms with Crippen molar-refractivity contribution in [3.8, 4) is 28.7 Å². The zero-order valence-electron chi connectivity index (χ0n) is 14.7. The van der Waals surface area contributed by atoms with Crippen LogP contribution < -0.4 is 4.90 Å². The topological polar surface area (TPSA) is 91.1 Å². The minimum absolute atomic E-state index is 0.210. The minimum Gasteiger partial charge on any atom is -0.508 e. The van der Waals surface area contributed by atoms with Crippen LogP contribution in [-0.2, 0) is 0 Å². The van der Waals surface area contributed by atoms with Crippen LogP contribution in [0.5, 0.6) is 5.75 Å². The summed E-state index contributed by atoms with van der Waals surface area (Å²) < 4.78 is 5.42. The number of pyridine rings is 1. The minimum atomic E-state index is 0.210. The van der Waals surface area contributed by atoms with Gasteiger partial charge in [0.1, 0.15) is 17.3 Å². The Kier molecular flexibility index (Phi) is 3.78. The maximum atomic E-state index is 9.60. The summed E-state index contributed by atoms with van der Waals surface area (Å²) in [6.07, 6.45) is 5.54. The van der Waals surface area contributed by atoms with E-state index in [1.54, 1.807) is 18.3 Å². The van der Waals surface area contributed by atoms with Gasteiger partial charge in [0.2, 0.25) is 5.82 Å². The number of nitrogens with zero attached hydrogens (tertiary/aromatic N) is 4. The van der Waals surface area contributed by atoms with Crippen molar-refractivity contribution in [1.82, 2.24) is 20.1 Å². The lowest BCUT2D eigenvalue weighted by atomic mass is 10.1. The number of nitrogens with one attached hydrogen (secondary N) is 1. The van der Waals surface area contributed by atoms with Gasteiger partial charge in [-0.25, -0.2) is 4.98 Å². The SMILES string of the molecule is Oc1ccc2cc(-c3nc(-c4ccc(N5CCCCC5)nc4)no3)[nH]c2c1. The fourth-order valence-electron chi connectivity index (χ4n) is 3.51. The molecule has 0 bridgehead atoms. The lowest BCUT2D eigenvalue weighted by molar-refractivity contribution is 0.431. The molecule has 4 aromatic rings. The summed E-state index contributed by atoms with van der Waals surface area (Å²) in [5, 5.41) is 14.6. The number of anilines is 1. The Hall–Kier alpha value is -3.35. The van der Waals surface area contributed by atoms with E-state index in [0.29, 0.717) is 17.4 Å². The summed E-state index contributed by atoms with van der Waals surface area (Å²) in [5.74, 6) is 2.12. The van der Waals surface area contributed by atoms with Gasteiger partial charge in [-0.2, -0.15) is 4.98 Å². The molecule has 0 radical (unpaired) electrons. The zero-order chi connectivity index (χ0) is 18.2. The average molecular weight is 361 g/mol. The summed E-state index contributed by atoms with van der Waals surface area (Å²) in [4.78, 5) is 14.6. The molecule has 1 aromatic carbocycles. The van der Waals surface area contributed by atoms with Crippen LogP contribution in [0.15, 0.2) is 47.1 Å². The Labute approximate surface area is 155 Å². The van der Waals surface area contributed by atoms with Crippen molar-refractivity contribution >= 4 is 16.7 Å². The number of phenolic OH excluding ortho intramolecular Hbond substituents is 1. The molecule has 3 aromatic heterocycles. The standard InChI is InChI=1S/C20H19N5O2/c26-15-6-4-13-10-17(22-16(13)11-15)20-23-19(24-27-20)14-5-7-18(21-12-14)25-8-2-1-3-9-25/h4-7,10-12,22,26H,1-3,8-9H2. The van der Waals surface area contributed by atoms with E-state index in [2.05, 4.69) is 25.0 Å². The Morgan fingerprint density at radius 2 is 1.93 bits per heavy atom. The number of rotatable bonds is 3. The molecule has 1 saturated heterocycles. The molecule has 5 rings (SSSR count). The Bertz CT molecular complexity index is 1080. The molecule has 136 valence electrons. The fraction of sp³-hybridized carbons (Fsp3) is 0.250. The highest BCUT2D eigenvalue weighted by Gasteiger charge is 2.15. The molecule has 0 saturated carbocycles.